The molecule has 1 heterocycles. The van der Waals surface area contributed by atoms with E-state index in [1.165, 1.54) is 0 Å². The van der Waals surface area contributed by atoms with Gasteiger partial charge in [0.05, 0.1) is 5.92 Å². The molecule has 3 aliphatic rings. The van der Waals surface area contributed by atoms with Crippen LogP contribution in [-0.4, -0.2) is 28.6 Å². The van der Waals surface area contributed by atoms with Crippen molar-refractivity contribution in [3.8, 4) is 0 Å². The lowest BCUT2D eigenvalue weighted by Crippen LogP contribution is -2.54. The van der Waals surface area contributed by atoms with Crippen molar-refractivity contribution in [1.29, 1.82) is 0 Å². The highest BCUT2D eigenvalue weighted by molar-refractivity contribution is 6.07. The maximum atomic E-state index is 11.8. The standard InChI is InChI=1S/C10H12N2O4/c13-7(14)5-1-4-2-6(5)10(3-4)8(15)11-9(16)12-10/h4-6H,1-3H2,(H,13,14)(H2,11,12,15,16)/t4-,5+,6+,10?/m0/s1. The minimum absolute atomic E-state index is 0.246. The van der Waals surface area contributed by atoms with E-state index in [4.69, 9.17) is 5.11 Å². The predicted molar refractivity (Wildman–Crippen MR) is 51.4 cm³/mol. The van der Waals surface area contributed by atoms with Gasteiger partial charge in [-0.2, -0.15) is 0 Å². The molecular weight excluding hydrogens is 212 g/mol. The zero-order chi connectivity index (χ0) is 11.5. The number of hydrogen-bond acceptors (Lipinski definition) is 3. The van der Waals surface area contributed by atoms with E-state index < -0.39 is 23.5 Å². The van der Waals surface area contributed by atoms with Gasteiger partial charge in [-0.25, -0.2) is 4.79 Å². The third kappa shape index (κ3) is 0.989. The molecule has 2 bridgehead atoms. The lowest BCUT2D eigenvalue weighted by atomic mass is 9.74. The second-order valence-corrected chi connectivity index (χ2v) is 4.97. The first kappa shape index (κ1) is 9.62. The molecule has 3 rings (SSSR count). The molecule has 0 aromatic carbocycles. The third-order valence-electron chi connectivity index (χ3n) is 4.19. The smallest absolute Gasteiger partial charge is 0.322 e. The summed E-state index contributed by atoms with van der Waals surface area (Å²) in [5.74, 6) is -1.71. The Labute approximate surface area is 91.4 Å². The maximum absolute atomic E-state index is 11.8. The predicted octanol–water partition coefficient (Wildman–Crippen LogP) is -0.305. The molecule has 2 aliphatic carbocycles. The van der Waals surface area contributed by atoms with Crippen LogP contribution in [0.2, 0.25) is 0 Å². The summed E-state index contributed by atoms with van der Waals surface area (Å²) in [6.45, 7) is 0. The normalized spacial score (nSPS) is 44.9. The zero-order valence-corrected chi connectivity index (χ0v) is 8.53. The molecule has 3 N–H and O–H groups in total. The van der Waals surface area contributed by atoms with Crippen LogP contribution in [-0.2, 0) is 9.59 Å². The van der Waals surface area contributed by atoms with Gasteiger partial charge >= 0.3 is 12.0 Å². The van der Waals surface area contributed by atoms with Gasteiger partial charge in [-0.15, -0.1) is 0 Å². The van der Waals surface area contributed by atoms with Gasteiger partial charge in [0.1, 0.15) is 5.54 Å². The van der Waals surface area contributed by atoms with Crippen LogP contribution in [0.25, 0.3) is 0 Å². The molecule has 2 saturated carbocycles. The molecule has 1 saturated heterocycles. The Hall–Kier alpha value is -1.59. The van der Waals surface area contributed by atoms with Gasteiger partial charge in [-0.3, -0.25) is 14.9 Å². The number of amides is 3. The second-order valence-electron chi connectivity index (χ2n) is 4.97. The number of carbonyl (C=O) groups excluding carboxylic acids is 2. The Kier molecular flexibility index (Phi) is 1.65. The van der Waals surface area contributed by atoms with E-state index in [0.717, 1.165) is 6.42 Å². The fraction of sp³-hybridized carbons (Fsp3) is 0.700. The summed E-state index contributed by atoms with van der Waals surface area (Å²) in [6, 6.07) is -0.498. The first-order chi connectivity index (χ1) is 7.53. The highest BCUT2D eigenvalue weighted by atomic mass is 16.4. The highest BCUT2D eigenvalue weighted by Gasteiger charge is 2.64. The summed E-state index contributed by atoms with van der Waals surface area (Å²) in [5.41, 5.74) is -0.941. The first-order valence-electron chi connectivity index (χ1n) is 5.39. The molecule has 1 aliphatic heterocycles. The average Bonchev–Trinajstić information content (AvgIpc) is 2.80. The summed E-state index contributed by atoms with van der Waals surface area (Å²) in [7, 11) is 0. The van der Waals surface area contributed by atoms with Crippen molar-refractivity contribution in [3.05, 3.63) is 0 Å². The van der Waals surface area contributed by atoms with E-state index >= 15 is 0 Å². The van der Waals surface area contributed by atoms with Gasteiger partial charge in [0.2, 0.25) is 0 Å². The van der Waals surface area contributed by atoms with Crippen molar-refractivity contribution < 1.29 is 19.5 Å². The molecule has 0 radical (unpaired) electrons. The summed E-state index contributed by atoms with van der Waals surface area (Å²) >= 11 is 0. The molecule has 3 fully saturated rings. The number of nitrogens with one attached hydrogen (secondary N) is 2. The lowest BCUT2D eigenvalue weighted by Gasteiger charge is -2.33. The summed E-state index contributed by atoms with van der Waals surface area (Å²) in [6.07, 6.45) is 1.94. The molecule has 1 spiro atoms. The quantitative estimate of drug-likeness (QED) is 0.532. The number of rotatable bonds is 1. The van der Waals surface area contributed by atoms with Crippen LogP contribution >= 0.6 is 0 Å². The van der Waals surface area contributed by atoms with Crippen molar-refractivity contribution in [1.82, 2.24) is 10.6 Å². The summed E-state index contributed by atoms with van der Waals surface area (Å²) < 4.78 is 0. The van der Waals surface area contributed by atoms with Gasteiger partial charge in [0, 0.05) is 5.92 Å². The van der Waals surface area contributed by atoms with Gasteiger partial charge in [0.25, 0.3) is 5.91 Å². The molecule has 4 atom stereocenters. The number of carbonyl (C=O) groups is 3. The fourth-order valence-corrected chi connectivity index (χ4v) is 3.64. The SMILES string of the molecule is O=C1NC(=O)C2(C[C@@H]3C[C@@H]2[C@H](C(=O)O)C3)N1. The van der Waals surface area contributed by atoms with Gasteiger partial charge < -0.3 is 10.4 Å². The van der Waals surface area contributed by atoms with Crippen LogP contribution in [0.15, 0.2) is 0 Å². The number of carboxylic acid groups (broad SMARTS) is 1. The Morgan fingerprint density at radius 3 is 2.62 bits per heavy atom. The van der Waals surface area contributed by atoms with Gasteiger partial charge in [0.15, 0.2) is 0 Å². The zero-order valence-electron chi connectivity index (χ0n) is 8.53. The van der Waals surface area contributed by atoms with E-state index in [1.54, 1.807) is 0 Å². The monoisotopic (exact) mass is 224 g/mol. The molecule has 86 valence electrons. The maximum Gasteiger partial charge on any atom is 0.322 e. The van der Waals surface area contributed by atoms with Crippen molar-refractivity contribution in [2.75, 3.05) is 0 Å². The number of fused-ring (bicyclic) bond motifs is 3. The highest BCUT2D eigenvalue weighted by Crippen LogP contribution is 2.54. The Morgan fingerprint density at radius 2 is 2.12 bits per heavy atom. The number of aliphatic carboxylic acids is 1. The number of imide groups is 1. The molecule has 16 heavy (non-hydrogen) atoms. The van der Waals surface area contributed by atoms with E-state index in [-0.39, 0.29) is 17.7 Å². The van der Waals surface area contributed by atoms with E-state index in [2.05, 4.69) is 10.6 Å². The van der Waals surface area contributed by atoms with E-state index in [9.17, 15) is 14.4 Å². The Balaban J connectivity index is 1.96. The first-order valence-corrected chi connectivity index (χ1v) is 5.39. The average molecular weight is 224 g/mol. The van der Waals surface area contributed by atoms with Crippen LogP contribution in [0.5, 0.6) is 0 Å². The Bertz CT molecular complexity index is 408. The van der Waals surface area contributed by atoms with E-state index in [1.807, 2.05) is 0 Å². The van der Waals surface area contributed by atoms with Crippen LogP contribution < -0.4 is 10.6 Å². The van der Waals surface area contributed by atoms with Crippen LogP contribution in [0.3, 0.4) is 0 Å². The minimum Gasteiger partial charge on any atom is -0.481 e. The van der Waals surface area contributed by atoms with Gasteiger partial charge in [-0.1, -0.05) is 0 Å². The largest absolute Gasteiger partial charge is 0.481 e. The number of hydrogen-bond donors (Lipinski definition) is 3. The van der Waals surface area contributed by atoms with Gasteiger partial charge in [-0.05, 0) is 25.2 Å². The topological polar surface area (TPSA) is 95.5 Å². The number of carboxylic acids is 1. The van der Waals surface area contributed by atoms with Crippen LogP contribution in [0.1, 0.15) is 19.3 Å². The molecule has 6 heteroatoms. The van der Waals surface area contributed by atoms with Crippen molar-refractivity contribution in [2.45, 2.75) is 24.8 Å². The molecule has 0 aromatic heterocycles. The molecule has 6 nitrogen and oxygen atoms in total. The molecule has 1 unspecified atom stereocenters. The lowest BCUT2D eigenvalue weighted by molar-refractivity contribution is -0.145. The Morgan fingerprint density at radius 1 is 1.38 bits per heavy atom. The molecule has 0 aromatic rings. The summed E-state index contributed by atoms with van der Waals surface area (Å²) in [4.78, 5) is 34.0. The molecular formula is C10H12N2O4. The van der Waals surface area contributed by atoms with E-state index in [0.29, 0.717) is 12.8 Å². The minimum atomic E-state index is -0.941. The second kappa shape index (κ2) is 2.75. The third-order valence-corrected chi connectivity index (χ3v) is 4.19. The van der Waals surface area contributed by atoms with Crippen molar-refractivity contribution >= 4 is 17.9 Å². The van der Waals surface area contributed by atoms with Crippen LogP contribution in [0, 0.1) is 17.8 Å². The fourth-order valence-electron chi connectivity index (χ4n) is 3.64. The van der Waals surface area contributed by atoms with Crippen molar-refractivity contribution in [3.63, 3.8) is 0 Å². The summed E-state index contributed by atoms with van der Waals surface area (Å²) in [5, 5.41) is 13.9. The van der Waals surface area contributed by atoms with Crippen LogP contribution in [0.4, 0.5) is 4.79 Å². The number of urea groups is 1. The molecule has 3 amide bonds. The van der Waals surface area contributed by atoms with Crippen molar-refractivity contribution in [2.24, 2.45) is 17.8 Å².